The Morgan fingerprint density at radius 2 is 0.864 bits per heavy atom. The van der Waals surface area contributed by atoms with Crippen LogP contribution in [0.4, 0.5) is 17.1 Å². The zero-order valence-electron chi connectivity index (χ0n) is 34.4. The van der Waals surface area contributed by atoms with Crippen LogP contribution in [-0.2, 0) is 16.2 Å². The Bertz CT molecular complexity index is 3140. The third kappa shape index (κ3) is 4.58. The molecule has 2 heteroatoms. The van der Waals surface area contributed by atoms with Crippen molar-refractivity contribution in [2.75, 3.05) is 4.90 Å². The van der Waals surface area contributed by atoms with Gasteiger partial charge in [-0.05, 0) is 115 Å². The average molecular weight is 760 g/mol. The van der Waals surface area contributed by atoms with Gasteiger partial charge in [-0.15, -0.1) is 0 Å². The fourth-order valence-corrected chi connectivity index (χ4v) is 11.2. The lowest BCUT2D eigenvalue weighted by Crippen LogP contribution is -2.19. The van der Waals surface area contributed by atoms with Crippen LogP contribution in [-0.4, -0.2) is 0 Å². The lowest BCUT2D eigenvalue weighted by Gasteiger charge is -2.32. The van der Waals surface area contributed by atoms with E-state index in [4.69, 9.17) is 4.42 Å². The van der Waals surface area contributed by atoms with Crippen LogP contribution in [0.5, 0.6) is 0 Å². The lowest BCUT2D eigenvalue weighted by atomic mass is 9.81. The molecule has 0 amide bonds. The van der Waals surface area contributed by atoms with Gasteiger partial charge in [-0.3, -0.25) is 0 Å². The maximum absolute atomic E-state index is 7.00. The molecule has 2 nitrogen and oxygen atoms in total. The van der Waals surface area contributed by atoms with Gasteiger partial charge in [0.1, 0.15) is 11.2 Å². The normalized spacial score (nSPS) is 15.7. The maximum atomic E-state index is 7.00. The van der Waals surface area contributed by atoms with E-state index in [1.165, 1.54) is 83.6 Å². The van der Waals surface area contributed by atoms with Crippen molar-refractivity contribution in [3.63, 3.8) is 0 Å². The summed E-state index contributed by atoms with van der Waals surface area (Å²) in [6.45, 7) is 14.3. The highest BCUT2D eigenvalue weighted by Gasteiger charge is 2.42. The molecule has 9 aromatic rings. The molecule has 0 bridgehead atoms. The molecular weight excluding hydrogens is 715 g/mol. The molecule has 3 aliphatic carbocycles. The Labute approximate surface area is 346 Å². The van der Waals surface area contributed by atoms with Crippen molar-refractivity contribution in [1.29, 1.82) is 0 Å². The van der Waals surface area contributed by atoms with Gasteiger partial charge in [-0.25, -0.2) is 0 Å². The highest BCUT2D eigenvalue weighted by Crippen LogP contribution is 2.60. The topological polar surface area (TPSA) is 16.4 Å². The zero-order chi connectivity index (χ0) is 40.0. The summed E-state index contributed by atoms with van der Waals surface area (Å²) in [5.41, 5.74) is 23.0. The van der Waals surface area contributed by atoms with Gasteiger partial charge >= 0.3 is 0 Å². The van der Waals surface area contributed by atoms with E-state index < -0.39 is 0 Å². The second-order valence-electron chi connectivity index (χ2n) is 18.5. The average Bonchev–Trinajstić information content (AvgIpc) is 3.89. The summed E-state index contributed by atoms with van der Waals surface area (Å²) < 4.78 is 7.00. The number of hydrogen-bond donors (Lipinski definition) is 0. The van der Waals surface area contributed by atoms with Crippen LogP contribution in [0.3, 0.4) is 0 Å². The first-order chi connectivity index (χ1) is 28.5. The minimum absolute atomic E-state index is 0.162. The van der Waals surface area contributed by atoms with Crippen LogP contribution in [0.2, 0.25) is 0 Å². The van der Waals surface area contributed by atoms with Crippen LogP contribution in [0.1, 0.15) is 74.9 Å². The fraction of sp³-hybridized carbons (Fsp3) is 0.158. The van der Waals surface area contributed by atoms with E-state index in [2.05, 4.69) is 210 Å². The standard InChI is InChI=1S/C57H45NO/c1-55(2)44-21-13-10-18-38(44)40-27-25-36(31-47(40)55)58(37-26-28-41-39-19-11-14-22-45(39)56(3,4)48(41)32-37)54-52-42-20-12-15-23-46(42)57(5,6)49(52)33-51-53(54)43-30-35(24-29-50(43)59-51)34-16-8-7-9-17-34/h7-33H,1-6H3. The smallest absolute Gasteiger partial charge is 0.137 e. The maximum Gasteiger partial charge on any atom is 0.137 e. The fourth-order valence-electron chi connectivity index (χ4n) is 11.2. The quantitative estimate of drug-likeness (QED) is 0.178. The molecule has 12 rings (SSSR count). The van der Waals surface area contributed by atoms with Crippen LogP contribution in [0.15, 0.2) is 168 Å². The first-order valence-corrected chi connectivity index (χ1v) is 21.0. The summed E-state index contributed by atoms with van der Waals surface area (Å²) >= 11 is 0. The molecule has 0 spiro atoms. The van der Waals surface area contributed by atoms with Crippen LogP contribution < -0.4 is 4.90 Å². The highest BCUT2D eigenvalue weighted by atomic mass is 16.3. The van der Waals surface area contributed by atoms with Crippen molar-refractivity contribution >= 4 is 39.0 Å². The summed E-state index contributed by atoms with van der Waals surface area (Å²) in [7, 11) is 0. The van der Waals surface area contributed by atoms with Crippen LogP contribution >= 0.6 is 0 Å². The van der Waals surface area contributed by atoms with Crippen molar-refractivity contribution in [3.8, 4) is 44.5 Å². The first-order valence-electron chi connectivity index (χ1n) is 21.0. The predicted molar refractivity (Wildman–Crippen MR) is 247 cm³/mol. The molecule has 0 N–H and O–H groups in total. The van der Waals surface area contributed by atoms with E-state index in [0.29, 0.717) is 0 Å². The Kier molecular flexibility index (Phi) is 6.84. The van der Waals surface area contributed by atoms with E-state index in [0.717, 1.165) is 33.3 Å². The Balaban J connectivity index is 1.22. The van der Waals surface area contributed by atoms with E-state index in [1.54, 1.807) is 0 Å². The lowest BCUT2D eigenvalue weighted by molar-refractivity contribution is 0.647. The van der Waals surface area contributed by atoms with Crippen molar-refractivity contribution < 1.29 is 4.42 Å². The minimum atomic E-state index is -0.238. The second kappa shape index (κ2) is 11.7. The molecule has 0 fully saturated rings. The van der Waals surface area contributed by atoms with Gasteiger partial charge in [0.05, 0.1) is 11.1 Å². The largest absolute Gasteiger partial charge is 0.456 e. The molecule has 0 unspecified atom stereocenters. The van der Waals surface area contributed by atoms with Gasteiger partial charge in [0.25, 0.3) is 0 Å². The van der Waals surface area contributed by atoms with Gasteiger partial charge in [0, 0.05) is 38.6 Å². The molecule has 0 aliphatic heterocycles. The third-order valence-corrected chi connectivity index (χ3v) is 14.3. The van der Waals surface area contributed by atoms with E-state index in [1.807, 2.05) is 0 Å². The SMILES string of the molecule is CC1(C)c2ccccc2-c2ccc(N(c3ccc4c(c3)C(C)(C)c3ccccc3-4)c3c4c(cc5oc6ccc(-c7ccccc7)cc6c35)C(C)(C)c3ccccc3-4)cc21. The van der Waals surface area contributed by atoms with Gasteiger partial charge < -0.3 is 9.32 Å². The number of rotatable bonds is 4. The number of benzene rings is 8. The zero-order valence-corrected chi connectivity index (χ0v) is 34.4. The predicted octanol–water partition coefficient (Wildman–Crippen LogP) is 15.6. The molecule has 1 aromatic heterocycles. The number of hydrogen-bond acceptors (Lipinski definition) is 2. The summed E-state index contributed by atoms with van der Waals surface area (Å²) in [5.74, 6) is 0. The van der Waals surface area contributed by atoms with E-state index in [-0.39, 0.29) is 16.2 Å². The van der Waals surface area contributed by atoms with Gasteiger partial charge in [0.2, 0.25) is 0 Å². The number of fused-ring (bicyclic) bond motifs is 12. The molecule has 59 heavy (non-hydrogen) atoms. The molecule has 0 saturated heterocycles. The van der Waals surface area contributed by atoms with E-state index in [9.17, 15) is 0 Å². The molecule has 284 valence electrons. The number of anilines is 3. The molecule has 0 radical (unpaired) electrons. The van der Waals surface area contributed by atoms with Gasteiger partial charge in [0.15, 0.2) is 0 Å². The summed E-state index contributed by atoms with van der Waals surface area (Å²) in [6.07, 6.45) is 0. The van der Waals surface area contributed by atoms with Gasteiger partial charge in [-0.1, -0.05) is 163 Å². The van der Waals surface area contributed by atoms with Crippen molar-refractivity contribution in [2.45, 2.75) is 57.8 Å². The number of nitrogens with zero attached hydrogens (tertiary/aromatic N) is 1. The molecule has 0 saturated carbocycles. The van der Waals surface area contributed by atoms with Crippen LogP contribution in [0.25, 0.3) is 66.4 Å². The third-order valence-electron chi connectivity index (χ3n) is 14.3. The van der Waals surface area contributed by atoms with Crippen molar-refractivity contribution in [2.24, 2.45) is 0 Å². The summed E-state index contributed by atoms with van der Waals surface area (Å²) in [6, 6.07) is 61.1. The Morgan fingerprint density at radius 3 is 1.46 bits per heavy atom. The highest BCUT2D eigenvalue weighted by molar-refractivity contribution is 6.19. The van der Waals surface area contributed by atoms with E-state index >= 15 is 0 Å². The van der Waals surface area contributed by atoms with Crippen LogP contribution in [0, 0.1) is 0 Å². The molecular formula is C57H45NO. The van der Waals surface area contributed by atoms with Crippen molar-refractivity contribution in [3.05, 3.63) is 197 Å². The van der Waals surface area contributed by atoms with Gasteiger partial charge in [-0.2, -0.15) is 0 Å². The molecule has 0 atom stereocenters. The molecule has 1 heterocycles. The van der Waals surface area contributed by atoms with Crippen molar-refractivity contribution in [1.82, 2.24) is 0 Å². The monoisotopic (exact) mass is 759 g/mol. The Morgan fingerprint density at radius 1 is 0.373 bits per heavy atom. The second-order valence-corrected chi connectivity index (χ2v) is 18.5. The summed E-state index contributed by atoms with van der Waals surface area (Å²) in [5, 5.41) is 2.25. The Hall–Kier alpha value is -6.64. The summed E-state index contributed by atoms with van der Waals surface area (Å²) in [4.78, 5) is 2.59. The minimum Gasteiger partial charge on any atom is -0.456 e. The molecule has 8 aromatic carbocycles. The first kappa shape index (κ1) is 34.4. The number of furan rings is 1. The molecule has 3 aliphatic rings.